The molecule has 72 heavy (non-hydrogen) atoms. The maximum Gasteiger partial charge on any atom is 0.187 e. The number of ether oxygens (including phenoxy) is 8. The van der Waals surface area contributed by atoms with Crippen molar-refractivity contribution in [1.29, 1.82) is 0 Å². The molecular weight excluding hydrogens is 949 g/mol. The smallest absolute Gasteiger partial charge is 0.187 e. The molecule has 0 bridgehead atoms. The summed E-state index contributed by atoms with van der Waals surface area (Å²) in [5, 5.41) is 140. The molecule has 0 aromatic carbocycles. The standard InChI is InChI=1S/C51H88O21/c1-22(2)7-6-8-23(3)27-11-12-28-26-10-9-24-17-25(13-15-50(24,4)29(26)14-16-51(27,28)5)65-49-45(39(61)35(57)31(19-53)69-49)72-48-42(64)44(37(59)33(21-55)68-48)71-47-41(63)43(36(58)32(20-54)67-47)70-46-40(62)38(60)34(56)30(18-52)66-46/h22-49,52-64H,6-21H2,1-5H3/t23-,24+,25+,26+,27-,28+,29+,30-,31-,32-,33-,34-,35-,36-,37-,38+,39+,40+,41+,42+,43+,44+,45+,46-,47-,48-,49+,50+,51-/m1/s1. The van der Waals surface area contributed by atoms with Gasteiger partial charge < -0.3 is 104 Å². The lowest BCUT2D eigenvalue weighted by molar-refractivity contribution is -0.395. The van der Waals surface area contributed by atoms with Gasteiger partial charge in [-0.15, -0.1) is 0 Å². The van der Waals surface area contributed by atoms with E-state index in [0.29, 0.717) is 29.6 Å². The molecule has 0 aromatic heterocycles. The van der Waals surface area contributed by atoms with Crippen LogP contribution in [0.2, 0.25) is 0 Å². The van der Waals surface area contributed by atoms with Gasteiger partial charge in [-0.3, -0.25) is 0 Å². The summed E-state index contributed by atoms with van der Waals surface area (Å²) in [5.74, 6) is 4.62. The minimum Gasteiger partial charge on any atom is -0.394 e. The Kier molecular flexibility index (Phi) is 18.8. The maximum absolute atomic E-state index is 11.8. The van der Waals surface area contributed by atoms with Crippen LogP contribution in [0.5, 0.6) is 0 Å². The van der Waals surface area contributed by atoms with Crippen LogP contribution in [0.15, 0.2) is 0 Å². The van der Waals surface area contributed by atoms with E-state index in [1.165, 1.54) is 51.4 Å². The number of rotatable bonds is 17. The van der Waals surface area contributed by atoms with E-state index < -0.39 is 149 Å². The third-order valence-corrected chi connectivity index (χ3v) is 19.3. The molecular formula is C51H88O21. The number of hydrogen-bond acceptors (Lipinski definition) is 21. The van der Waals surface area contributed by atoms with Crippen LogP contribution in [0.3, 0.4) is 0 Å². The number of fused-ring (bicyclic) bond motifs is 5. The van der Waals surface area contributed by atoms with Crippen LogP contribution in [-0.2, 0) is 37.9 Å². The van der Waals surface area contributed by atoms with E-state index in [4.69, 9.17) is 37.9 Å². The Balaban J connectivity index is 0.938. The SMILES string of the molecule is CC(C)CCC[C@@H](C)[C@H]1CC[C@H]2[C@@H]3CC[C@H]4C[C@@H](O[C@H]5O[C@H](CO)[C@@H](O)[C@H](O)[C@@H]5O[C@H]5O[C@H](CO)[C@@H](O)[C@H](O[C@H]6O[C@H](CO)[C@@H](O)[C@H](O[C@H]7O[C@H](CO)[C@@H](O)[C@H](O)[C@@H]7O)[C@@H]6O)[C@@H]5O)CC[C@]4(C)[C@H]3CC[C@]12C. The first kappa shape index (κ1) is 57.3. The summed E-state index contributed by atoms with van der Waals surface area (Å²) < 4.78 is 47.4. The Hall–Kier alpha value is -0.840. The van der Waals surface area contributed by atoms with Crippen molar-refractivity contribution in [3.05, 3.63) is 0 Å². The van der Waals surface area contributed by atoms with Crippen LogP contribution in [0, 0.1) is 52.3 Å². The fourth-order valence-corrected chi connectivity index (χ4v) is 15.2. The summed E-state index contributed by atoms with van der Waals surface area (Å²) in [6.45, 7) is 8.99. The first-order valence-corrected chi connectivity index (χ1v) is 27.0. The van der Waals surface area contributed by atoms with Crippen LogP contribution in [0.1, 0.15) is 112 Å². The largest absolute Gasteiger partial charge is 0.394 e. The van der Waals surface area contributed by atoms with Crippen molar-refractivity contribution in [1.82, 2.24) is 0 Å². The molecule has 0 amide bonds. The molecule has 29 atom stereocenters. The van der Waals surface area contributed by atoms with E-state index in [-0.39, 0.29) is 11.5 Å². The van der Waals surface area contributed by atoms with Crippen LogP contribution in [0.4, 0.5) is 0 Å². The summed E-state index contributed by atoms with van der Waals surface area (Å²) in [4.78, 5) is 0. The van der Waals surface area contributed by atoms with E-state index in [1.54, 1.807) is 0 Å². The molecule has 4 heterocycles. The van der Waals surface area contributed by atoms with Crippen molar-refractivity contribution >= 4 is 0 Å². The van der Waals surface area contributed by atoms with Gasteiger partial charge in [0.2, 0.25) is 0 Å². The minimum atomic E-state index is -2.04. The van der Waals surface area contributed by atoms with E-state index >= 15 is 0 Å². The van der Waals surface area contributed by atoms with Crippen molar-refractivity contribution < 1.29 is 104 Å². The molecule has 21 heteroatoms. The van der Waals surface area contributed by atoms with Crippen molar-refractivity contribution in [3.63, 3.8) is 0 Å². The molecule has 0 aromatic rings. The molecule has 4 aliphatic carbocycles. The van der Waals surface area contributed by atoms with Gasteiger partial charge in [-0.05, 0) is 110 Å². The molecule has 0 unspecified atom stereocenters. The Labute approximate surface area is 422 Å². The van der Waals surface area contributed by atoms with Gasteiger partial charge in [0.1, 0.15) is 97.7 Å². The highest BCUT2D eigenvalue weighted by Crippen LogP contribution is 2.68. The van der Waals surface area contributed by atoms with Crippen molar-refractivity contribution in [3.8, 4) is 0 Å². The fourth-order valence-electron chi connectivity index (χ4n) is 15.2. The van der Waals surface area contributed by atoms with E-state index in [9.17, 15) is 66.4 Å². The predicted octanol–water partition coefficient (Wildman–Crippen LogP) is -1.23. The van der Waals surface area contributed by atoms with Gasteiger partial charge in [-0.25, -0.2) is 0 Å². The maximum atomic E-state index is 11.8. The molecule has 8 rings (SSSR count). The van der Waals surface area contributed by atoms with Crippen LogP contribution in [-0.4, -0.2) is 222 Å². The summed E-state index contributed by atoms with van der Waals surface area (Å²) in [6, 6.07) is 0. The van der Waals surface area contributed by atoms with Crippen LogP contribution >= 0.6 is 0 Å². The predicted molar refractivity (Wildman–Crippen MR) is 250 cm³/mol. The second kappa shape index (κ2) is 23.6. The average molecular weight is 1040 g/mol. The average Bonchev–Trinajstić information content (AvgIpc) is 3.72. The van der Waals surface area contributed by atoms with Gasteiger partial charge in [0.25, 0.3) is 0 Å². The number of aliphatic hydroxyl groups excluding tert-OH is 13. The lowest BCUT2D eigenvalue weighted by Crippen LogP contribution is -2.68. The number of aliphatic hydroxyl groups is 13. The molecule has 8 aliphatic rings. The van der Waals surface area contributed by atoms with Crippen molar-refractivity contribution in [2.45, 2.75) is 241 Å². The molecule has 4 saturated heterocycles. The first-order chi connectivity index (χ1) is 34.2. The first-order valence-electron chi connectivity index (χ1n) is 27.0. The third-order valence-electron chi connectivity index (χ3n) is 19.3. The topological polar surface area (TPSA) is 337 Å². The molecule has 13 N–H and O–H groups in total. The number of hydrogen-bond donors (Lipinski definition) is 13. The Morgan fingerprint density at radius 2 is 0.944 bits per heavy atom. The van der Waals surface area contributed by atoms with Gasteiger partial charge in [-0.1, -0.05) is 53.9 Å². The van der Waals surface area contributed by atoms with Crippen molar-refractivity contribution in [2.75, 3.05) is 26.4 Å². The lowest BCUT2D eigenvalue weighted by atomic mass is 9.44. The monoisotopic (exact) mass is 1040 g/mol. The normalized spacial score (nSPS) is 52.4. The second-order valence-electron chi connectivity index (χ2n) is 23.8. The highest BCUT2D eigenvalue weighted by atomic mass is 16.8. The zero-order valence-corrected chi connectivity index (χ0v) is 42.6. The van der Waals surface area contributed by atoms with Gasteiger partial charge in [0.05, 0.1) is 32.5 Å². The van der Waals surface area contributed by atoms with E-state index in [2.05, 4.69) is 34.6 Å². The second-order valence-corrected chi connectivity index (χ2v) is 23.8. The minimum absolute atomic E-state index is 0.115. The molecule has 4 saturated carbocycles. The molecule has 8 fully saturated rings. The zero-order valence-electron chi connectivity index (χ0n) is 42.6. The lowest BCUT2D eigenvalue weighted by Gasteiger charge is -2.61. The summed E-state index contributed by atoms with van der Waals surface area (Å²) in [7, 11) is 0. The van der Waals surface area contributed by atoms with Crippen LogP contribution in [0.25, 0.3) is 0 Å². The zero-order chi connectivity index (χ0) is 52.1. The Morgan fingerprint density at radius 3 is 1.50 bits per heavy atom. The van der Waals surface area contributed by atoms with Gasteiger partial charge in [-0.2, -0.15) is 0 Å². The van der Waals surface area contributed by atoms with Crippen molar-refractivity contribution in [2.24, 2.45) is 52.3 Å². The summed E-state index contributed by atoms with van der Waals surface area (Å²) in [6.07, 6.45) is -21.5. The highest BCUT2D eigenvalue weighted by Gasteiger charge is 2.62. The molecule has 21 nitrogen and oxygen atoms in total. The molecule has 0 spiro atoms. The van der Waals surface area contributed by atoms with Gasteiger partial charge in [0.15, 0.2) is 25.2 Å². The molecule has 418 valence electrons. The van der Waals surface area contributed by atoms with Gasteiger partial charge >= 0.3 is 0 Å². The van der Waals surface area contributed by atoms with E-state index in [1.807, 2.05) is 0 Å². The molecule has 4 aliphatic heterocycles. The summed E-state index contributed by atoms with van der Waals surface area (Å²) >= 11 is 0. The highest BCUT2D eigenvalue weighted by molar-refractivity contribution is 5.10. The Bertz CT molecular complexity index is 1720. The van der Waals surface area contributed by atoms with Crippen LogP contribution < -0.4 is 0 Å². The van der Waals surface area contributed by atoms with Gasteiger partial charge in [0, 0.05) is 0 Å². The Morgan fingerprint density at radius 1 is 0.458 bits per heavy atom. The quantitative estimate of drug-likeness (QED) is 0.0759. The fraction of sp³-hybridized carbons (Fsp3) is 1.00. The molecule has 0 radical (unpaired) electrons. The van der Waals surface area contributed by atoms with E-state index in [0.717, 1.165) is 42.9 Å². The third kappa shape index (κ3) is 11.0. The summed E-state index contributed by atoms with van der Waals surface area (Å²) in [5.41, 5.74) is 0.487.